The van der Waals surface area contributed by atoms with Gasteiger partial charge in [0.05, 0.1) is 12.6 Å². The first-order valence-corrected chi connectivity index (χ1v) is 7.55. The molecular formula is C15H22Cl2N2O. The molecule has 0 radical (unpaired) electrons. The van der Waals surface area contributed by atoms with Crippen LogP contribution in [0.4, 0.5) is 0 Å². The van der Waals surface area contributed by atoms with Crippen molar-refractivity contribution in [3.05, 3.63) is 33.8 Å². The van der Waals surface area contributed by atoms with Crippen LogP contribution < -0.4 is 5.32 Å². The first-order valence-electron chi connectivity index (χ1n) is 6.79. The van der Waals surface area contributed by atoms with E-state index in [9.17, 15) is 4.79 Å². The first kappa shape index (κ1) is 17.3. The zero-order valence-corrected chi connectivity index (χ0v) is 13.9. The predicted molar refractivity (Wildman–Crippen MR) is 85.4 cm³/mol. The summed E-state index contributed by atoms with van der Waals surface area (Å²) in [4.78, 5) is 14.0. The largest absolute Gasteiger partial charge is 0.348 e. The van der Waals surface area contributed by atoms with Gasteiger partial charge >= 0.3 is 0 Å². The molecule has 0 saturated carbocycles. The minimum atomic E-state index is -0.141. The van der Waals surface area contributed by atoms with Gasteiger partial charge in [-0.3, -0.25) is 9.69 Å². The van der Waals surface area contributed by atoms with Crippen LogP contribution in [0, 0.1) is 0 Å². The van der Waals surface area contributed by atoms with Gasteiger partial charge in [0.15, 0.2) is 0 Å². The minimum Gasteiger partial charge on any atom is -0.348 e. The highest BCUT2D eigenvalue weighted by atomic mass is 35.5. The second-order valence-electron chi connectivity index (χ2n) is 5.13. The molecule has 20 heavy (non-hydrogen) atoms. The Morgan fingerprint density at radius 3 is 2.55 bits per heavy atom. The lowest BCUT2D eigenvalue weighted by Crippen LogP contribution is -2.40. The van der Waals surface area contributed by atoms with Gasteiger partial charge in [-0.25, -0.2) is 0 Å². The first-order chi connectivity index (χ1) is 9.35. The summed E-state index contributed by atoms with van der Waals surface area (Å²) in [7, 11) is 1.95. The molecule has 0 aromatic heterocycles. The number of carbonyl (C=O) groups is 1. The zero-order chi connectivity index (χ0) is 15.3. The Morgan fingerprint density at radius 2 is 2.00 bits per heavy atom. The lowest BCUT2D eigenvalue weighted by molar-refractivity contribution is -0.123. The van der Waals surface area contributed by atoms with Crippen molar-refractivity contribution in [1.29, 1.82) is 0 Å². The highest BCUT2D eigenvalue weighted by molar-refractivity contribution is 6.35. The number of amides is 1. The van der Waals surface area contributed by atoms with Crippen LogP contribution in [0.25, 0.3) is 0 Å². The van der Waals surface area contributed by atoms with Crippen LogP contribution in [-0.2, 0) is 4.79 Å². The number of hydrogen-bond donors (Lipinski definition) is 1. The van der Waals surface area contributed by atoms with Gasteiger partial charge in [0.2, 0.25) is 5.91 Å². The van der Waals surface area contributed by atoms with Gasteiger partial charge in [0, 0.05) is 16.1 Å². The number of hydrogen-bond acceptors (Lipinski definition) is 2. The van der Waals surface area contributed by atoms with E-state index in [1.807, 2.05) is 24.9 Å². The van der Waals surface area contributed by atoms with E-state index in [1.54, 1.807) is 12.1 Å². The van der Waals surface area contributed by atoms with Crippen molar-refractivity contribution in [2.75, 3.05) is 13.6 Å². The van der Waals surface area contributed by atoms with Gasteiger partial charge in [-0.15, -0.1) is 0 Å². The SMILES string of the molecule is CCC(C)N(C)CC(=O)NC(C)c1ccc(Cl)cc1Cl. The summed E-state index contributed by atoms with van der Waals surface area (Å²) in [6.07, 6.45) is 1.02. The molecule has 0 aliphatic carbocycles. The second-order valence-corrected chi connectivity index (χ2v) is 5.97. The van der Waals surface area contributed by atoms with E-state index in [1.165, 1.54) is 0 Å². The molecule has 1 aromatic carbocycles. The van der Waals surface area contributed by atoms with Crippen LogP contribution in [0.1, 0.15) is 38.8 Å². The van der Waals surface area contributed by atoms with Gasteiger partial charge < -0.3 is 5.32 Å². The molecule has 0 bridgehead atoms. The van der Waals surface area contributed by atoms with Crippen LogP contribution in [0.5, 0.6) is 0 Å². The number of halogens is 2. The maximum atomic E-state index is 12.0. The summed E-state index contributed by atoms with van der Waals surface area (Å²) in [5.41, 5.74) is 0.871. The summed E-state index contributed by atoms with van der Waals surface area (Å²) < 4.78 is 0. The highest BCUT2D eigenvalue weighted by Gasteiger charge is 2.16. The average molecular weight is 317 g/mol. The van der Waals surface area contributed by atoms with E-state index in [2.05, 4.69) is 19.2 Å². The predicted octanol–water partition coefficient (Wildman–Crippen LogP) is 3.90. The van der Waals surface area contributed by atoms with Crippen LogP contribution >= 0.6 is 23.2 Å². The van der Waals surface area contributed by atoms with E-state index in [0.717, 1.165) is 12.0 Å². The number of likely N-dealkylation sites (N-methyl/N-ethyl adjacent to an activating group) is 1. The molecule has 0 saturated heterocycles. The van der Waals surface area contributed by atoms with Gasteiger partial charge in [-0.2, -0.15) is 0 Å². The highest BCUT2D eigenvalue weighted by Crippen LogP contribution is 2.25. The van der Waals surface area contributed by atoms with Gasteiger partial charge in [0.1, 0.15) is 0 Å². The van der Waals surface area contributed by atoms with Crippen molar-refractivity contribution < 1.29 is 4.79 Å². The molecule has 1 amide bonds. The second kappa shape index (κ2) is 7.87. The summed E-state index contributed by atoms with van der Waals surface area (Å²) in [6.45, 7) is 6.50. The van der Waals surface area contributed by atoms with Crippen molar-refractivity contribution in [3.8, 4) is 0 Å². The quantitative estimate of drug-likeness (QED) is 0.863. The fourth-order valence-corrected chi connectivity index (χ4v) is 2.48. The number of rotatable bonds is 6. The van der Waals surface area contributed by atoms with E-state index in [0.29, 0.717) is 22.6 Å². The molecule has 1 aromatic rings. The number of carbonyl (C=O) groups excluding carboxylic acids is 1. The summed E-state index contributed by atoms with van der Waals surface area (Å²) in [6, 6.07) is 5.55. The molecule has 0 fully saturated rings. The molecule has 5 heteroatoms. The lowest BCUT2D eigenvalue weighted by atomic mass is 10.1. The molecule has 2 atom stereocenters. The van der Waals surface area contributed by atoms with Crippen molar-refractivity contribution in [1.82, 2.24) is 10.2 Å². The fraction of sp³-hybridized carbons (Fsp3) is 0.533. The monoisotopic (exact) mass is 316 g/mol. The molecule has 1 N–H and O–H groups in total. The van der Waals surface area contributed by atoms with Crippen LogP contribution in [-0.4, -0.2) is 30.4 Å². The minimum absolute atomic E-state index is 0.00804. The number of nitrogens with one attached hydrogen (secondary N) is 1. The Kier molecular flexibility index (Phi) is 6.80. The van der Waals surface area contributed by atoms with Crippen molar-refractivity contribution in [3.63, 3.8) is 0 Å². The molecule has 112 valence electrons. The molecule has 0 aliphatic rings. The Hall–Kier alpha value is -0.770. The standard InChI is InChI=1S/C15H22Cl2N2O/c1-5-10(2)19(4)9-15(20)18-11(3)13-7-6-12(16)8-14(13)17/h6-8,10-11H,5,9H2,1-4H3,(H,18,20). The summed E-state index contributed by atoms with van der Waals surface area (Å²) >= 11 is 12.0. The average Bonchev–Trinajstić information content (AvgIpc) is 2.37. The molecule has 1 rings (SSSR count). The summed E-state index contributed by atoms with van der Waals surface area (Å²) in [5, 5.41) is 4.12. The number of benzene rings is 1. The van der Waals surface area contributed by atoms with Crippen molar-refractivity contribution in [2.45, 2.75) is 39.3 Å². The normalized spacial score (nSPS) is 14.2. The fourth-order valence-electron chi connectivity index (χ4n) is 1.91. The third-order valence-corrected chi connectivity index (χ3v) is 4.11. The van der Waals surface area contributed by atoms with Gasteiger partial charge in [-0.1, -0.05) is 36.2 Å². The third kappa shape index (κ3) is 4.97. The molecule has 2 unspecified atom stereocenters. The van der Waals surface area contributed by atoms with Gasteiger partial charge in [-0.05, 0) is 45.0 Å². The molecule has 0 heterocycles. The van der Waals surface area contributed by atoms with Crippen molar-refractivity contribution >= 4 is 29.1 Å². The maximum Gasteiger partial charge on any atom is 0.234 e. The lowest BCUT2D eigenvalue weighted by Gasteiger charge is -2.24. The third-order valence-electron chi connectivity index (χ3n) is 3.54. The Balaban J connectivity index is 2.61. The molecule has 0 aliphatic heterocycles. The van der Waals surface area contributed by atoms with Crippen LogP contribution in [0.2, 0.25) is 10.0 Å². The molecule has 0 spiro atoms. The number of nitrogens with zero attached hydrogens (tertiary/aromatic N) is 1. The maximum absolute atomic E-state index is 12.0. The van der Waals surface area contributed by atoms with E-state index in [-0.39, 0.29) is 11.9 Å². The smallest absolute Gasteiger partial charge is 0.234 e. The summed E-state index contributed by atoms with van der Waals surface area (Å²) in [5.74, 6) is -0.00804. The molecular weight excluding hydrogens is 295 g/mol. The zero-order valence-electron chi connectivity index (χ0n) is 12.4. The van der Waals surface area contributed by atoms with Gasteiger partial charge in [0.25, 0.3) is 0 Å². The Bertz CT molecular complexity index is 465. The molecule has 3 nitrogen and oxygen atoms in total. The van der Waals surface area contributed by atoms with Crippen LogP contribution in [0.3, 0.4) is 0 Å². The topological polar surface area (TPSA) is 32.3 Å². The van der Waals surface area contributed by atoms with E-state index in [4.69, 9.17) is 23.2 Å². The van der Waals surface area contributed by atoms with E-state index >= 15 is 0 Å². The van der Waals surface area contributed by atoms with E-state index < -0.39 is 0 Å². The van der Waals surface area contributed by atoms with Crippen LogP contribution in [0.15, 0.2) is 18.2 Å². The Morgan fingerprint density at radius 1 is 1.35 bits per heavy atom. The Labute approximate surface area is 131 Å². The van der Waals surface area contributed by atoms with Crippen molar-refractivity contribution in [2.24, 2.45) is 0 Å².